The van der Waals surface area contributed by atoms with Crippen molar-refractivity contribution >= 4 is 21.8 Å². The van der Waals surface area contributed by atoms with Crippen LogP contribution in [0.3, 0.4) is 0 Å². The molecule has 31 heavy (non-hydrogen) atoms. The first-order valence-corrected chi connectivity index (χ1v) is 11.4. The molecule has 0 radical (unpaired) electrons. The average Bonchev–Trinajstić information content (AvgIpc) is 3.16. The Morgan fingerprint density at radius 2 is 1.97 bits per heavy atom. The maximum absolute atomic E-state index is 13.4. The van der Waals surface area contributed by atoms with Gasteiger partial charge in [0, 0.05) is 24.6 Å². The van der Waals surface area contributed by atoms with Crippen molar-refractivity contribution in [2.75, 3.05) is 13.1 Å². The number of sulfonamides is 1. The molecule has 164 valence electrons. The smallest absolute Gasteiger partial charge is 0.269 e. The van der Waals surface area contributed by atoms with Crippen molar-refractivity contribution in [3.05, 3.63) is 65.0 Å². The molecule has 2 aliphatic rings. The van der Waals surface area contributed by atoms with Crippen molar-refractivity contribution in [1.29, 1.82) is 0 Å². The molecule has 1 N–H and O–H groups in total. The minimum Gasteiger partial charge on any atom is -0.388 e. The highest BCUT2D eigenvalue weighted by atomic mass is 32.2. The number of hydrogen-bond donors (Lipinski definition) is 1. The van der Waals surface area contributed by atoms with Gasteiger partial charge >= 0.3 is 0 Å². The van der Waals surface area contributed by atoms with Crippen LogP contribution >= 0.6 is 0 Å². The summed E-state index contributed by atoms with van der Waals surface area (Å²) < 4.78 is 39.8. The summed E-state index contributed by atoms with van der Waals surface area (Å²) in [6.45, 7) is 3.54. The lowest BCUT2D eigenvalue weighted by Crippen LogP contribution is -2.37. The second-order valence-electron chi connectivity index (χ2n) is 8.42. The van der Waals surface area contributed by atoms with E-state index < -0.39 is 39.3 Å². The molecule has 1 atom stereocenters. The topological polar surface area (TPSA) is 95.0 Å². The molecule has 7 nitrogen and oxygen atoms in total. The third-order valence-corrected chi connectivity index (χ3v) is 7.71. The second-order valence-corrected chi connectivity index (χ2v) is 10.2. The zero-order chi connectivity index (χ0) is 22.6. The summed E-state index contributed by atoms with van der Waals surface area (Å²) in [6, 6.07) is 9.45. The number of fused-ring (bicyclic) bond motifs is 1. The quantitative estimate of drug-likeness (QED) is 0.777. The molecule has 0 bridgehead atoms. The summed E-state index contributed by atoms with van der Waals surface area (Å²) >= 11 is 0. The molecule has 0 spiro atoms. The van der Waals surface area contributed by atoms with Crippen molar-refractivity contribution < 1.29 is 27.5 Å². The molecule has 4 rings (SSSR count). The highest BCUT2D eigenvalue weighted by Crippen LogP contribution is 2.33. The highest BCUT2D eigenvalue weighted by Gasteiger charge is 2.44. The summed E-state index contributed by atoms with van der Waals surface area (Å²) in [4.78, 5) is 26.8. The van der Waals surface area contributed by atoms with E-state index in [0.717, 1.165) is 4.31 Å². The van der Waals surface area contributed by atoms with Crippen molar-refractivity contribution in [2.45, 2.75) is 43.2 Å². The molecule has 2 aromatic rings. The molecule has 0 aromatic heterocycles. The average molecular weight is 447 g/mol. The van der Waals surface area contributed by atoms with Crippen molar-refractivity contribution in [2.24, 2.45) is 0 Å². The number of hydrogen-bond acceptors (Lipinski definition) is 5. The Bertz CT molecular complexity index is 1180. The zero-order valence-electron chi connectivity index (χ0n) is 17.2. The Morgan fingerprint density at radius 1 is 1.23 bits per heavy atom. The van der Waals surface area contributed by atoms with Crippen LogP contribution in [-0.2, 0) is 16.4 Å². The molecule has 9 heteroatoms. The summed E-state index contributed by atoms with van der Waals surface area (Å²) in [5.41, 5.74) is -0.380. The van der Waals surface area contributed by atoms with Crippen LogP contribution in [0.25, 0.3) is 0 Å². The normalized spacial score (nSPS) is 22.3. The van der Waals surface area contributed by atoms with Gasteiger partial charge in [-0.25, -0.2) is 17.1 Å². The summed E-state index contributed by atoms with van der Waals surface area (Å²) in [6.07, 6.45) is 0.517. The Balaban J connectivity index is 1.55. The van der Waals surface area contributed by atoms with E-state index in [1.54, 1.807) is 26.0 Å². The molecular formula is C22H23FN2O5S. The molecule has 2 aromatic carbocycles. The van der Waals surface area contributed by atoms with Gasteiger partial charge in [0.1, 0.15) is 10.7 Å². The van der Waals surface area contributed by atoms with E-state index in [2.05, 4.69) is 0 Å². The van der Waals surface area contributed by atoms with Gasteiger partial charge < -0.3 is 10.0 Å². The molecule has 0 saturated carbocycles. The largest absolute Gasteiger partial charge is 0.388 e. The van der Waals surface area contributed by atoms with Gasteiger partial charge in [-0.05, 0) is 56.2 Å². The molecule has 1 unspecified atom stereocenters. The van der Waals surface area contributed by atoms with Gasteiger partial charge in [0.25, 0.3) is 21.8 Å². The SMILES string of the molecule is CC(C)N1C(=O)c2ccc(C(=O)N3CCC(O)(Cc4cccc(F)c4)C3)cc2S1(=O)=O. The van der Waals surface area contributed by atoms with Crippen LogP contribution in [0.2, 0.25) is 0 Å². The molecular weight excluding hydrogens is 423 g/mol. The van der Waals surface area contributed by atoms with E-state index in [-0.39, 0.29) is 35.5 Å². The van der Waals surface area contributed by atoms with E-state index in [9.17, 15) is 27.5 Å². The van der Waals surface area contributed by atoms with Crippen molar-refractivity contribution in [3.63, 3.8) is 0 Å². The van der Waals surface area contributed by atoms with Crippen molar-refractivity contribution in [3.8, 4) is 0 Å². The molecule has 2 heterocycles. The number of amides is 2. The van der Waals surface area contributed by atoms with E-state index in [4.69, 9.17) is 0 Å². The van der Waals surface area contributed by atoms with E-state index in [0.29, 0.717) is 12.0 Å². The fourth-order valence-corrected chi connectivity index (χ4v) is 6.07. The summed E-state index contributed by atoms with van der Waals surface area (Å²) in [5, 5.41) is 10.9. The van der Waals surface area contributed by atoms with Crippen LogP contribution in [0, 0.1) is 5.82 Å². The lowest BCUT2D eigenvalue weighted by Gasteiger charge is -2.23. The Morgan fingerprint density at radius 3 is 2.65 bits per heavy atom. The fourth-order valence-electron chi connectivity index (χ4n) is 4.27. The highest BCUT2D eigenvalue weighted by molar-refractivity contribution is 7.90. The number of benzene rings is 2. The molecule has 0 aliphatic carbocycles. The van der Waals surface area contributed by atoms with Crippen LogP contribution < -0.4 is 0 Å². The van der Waals surface area contributed by atoms with Crippen molar-refractivity contribution in [1.82, 2.24) is 9.21 Å². The lowest BCUT2D eigenvalue weighted by atomic mass is 9.94. The summed E-state index contributed by atoms with van der Waals surface area (Å²) in [7, 11) is -4.01. The van der Waals surface area contributed by atoms with Gasteiger partial charge in [0.05, 0.1) is 17.7 Å². The number of carbonyl (C=O) groups excluding carboxylic acids is 2. The van der Waals surface area contributed by atoms with Gasteiger partial charge in [-0.1, -0.05) is 12.1 Å². The Hall–Kier alpha value is -2.78. The lowest BCUT2D eigenvalue weighted by molar-refractivity contribution is 0.0444. The first kappa shape index (κ1) is 21.5. The van der Waals surface area contributed by atoms with Gasteiger partial charge in [-0.15, -0.1) is 0 Å². The molecule has 2 aliphatic heterocycles. The van der Waals surface area contributed by atoms with E-state index >= 15 is 0 Å². The van der Waals surface area contributed by atoms with Gasteiger partial charge in [0.15, 0.2) is 0 Å². The Labute approximate surface area is 180 Å². The predicted octanol–water partition coefficient (Wildman–Crippen LogP) is 2.20. The molecule has 1 saturated heterocycles. The van der Waals surface area contributed by atoms with E-state index in [1.807, 2.05) is 0 Å². The first-order chi connectivity index (χ1) is 14.5. The van der Waals surface area contributed by atoms with Crippen LogP contribution in [0.1, 0.15) is 46.5 Å². The molecule has 2 amide bonds. The minimum atomic E-state index is -4.01. The maximum atomic E-state index is 13.4. The number of nitrogens with zero attached hydrogens (tertiary/aromatic N) is 2. The number of halogens is 1. The number of rotatable bonds is 4. The minimum absolute atomic E-state index is 0.0449. The number of likely N-dealkylation sites (tertiary alicyclic amines) is 1. The second kappa shape index (κ2) is 7.42. The predicted molar refractivity (Wildman–Crippen MR) is 111 cm³/mol. The van der Waals surface area contributed by atoms with Crippen LogP contribution in [0.15, 0.2) is 47.4 Å². The monoisotopic (exact) mass is 446 g/mol. The van der Waals surface area contributed by atoms with Gasteiger partial charge in [-0.3, -0.25) is 9.59 Å². The number of carbonyl (C=O) groups is 2. The van der Waals surface area contributed by atoms with Crippen LogP contribution in [0.5, 0.6) is 0 Å². The number of aliphatic hydroxyl groups is 1. The summed E-state index contributed by atoms with van der Waals surface area (Å²) in [5.74, 6) is -1.42. The van der Waals surface area contributed by atoms with Gasteiger partial charge in [0.2, 0.25) is 0 Å². The standard InChI is InChI=1S/C22H23FN2O5S/c1-14(2)25-21(27)18-7-6-16(11-19(18)31(25,29)30)20(26)24-9-8-22(28,13-24)12-15-4-3-5-17(23)10-15/h3-7,10-11,14,28H,8-9,12-13H2,1-2H3. The first-order valence-electron chi connectivity index (χ1n) is 10.0. The fraction of sp³-hybridized carbons (Fsp3) is 0.364. The third kappa shape index (κ3) is 3.72. The van der Waals surface area contributed by atoms with E-state index in [1.165, 1.54) is 35.2 Å². The molecule has 1 fully saturated rings. The van der Waals surface area contributed by atoms with Gasteiger partial charge in [-0.2, -0.15) is 0 Å². The Kier molecular flexibility index (Phi) is 5.13. The van der Waals surface area contributed by atoms with Crippen LogP contribution in [0.4, 0.5) is 4.39 Å². The van der Waals surface area contributed by atoms with Crippen LogP contribution in [-0.4, -0.2) is 59.3 Å². The number of β-amino-alcohol motifs (C(OH)–C–C–N with tert-alkyl or cyclic N) is 1. The zero-order valence-corrected chi connectivity index (χ0v) is 18.0. The third-order valence-electron chi connectivity index (χ3n) is 5.71. The maximum Gasteiger partial charge on any atom is 0.269 e.